The molecule has 0 aromatic heterocycles. The van der Waals surface area contributed by atoms with Gasteiger partial charge in [0.15, 0.2) is 12.6 Å². The fourth-order valence-electron chi connectivity index (χ4n) is 2.09. The zero-order valence-electron chi connectivity index (χ0n) is 12.5. The van der Waals surface area contributed by atoms with Crippen molar-refractivity contribution in [2.75, 3.05) is 0 Å². The van der Waals surface area contributed by atoms with Crippen LogP contribution in [0.15, 0.2) is 12.1 Å². The number of phenolic OH excluding ortho intramolecular Hbond substituents is 1. The lowest BCUT2D eigenvalue weighted by Gasteiger charge is -2.01. The Morgan fingerprint density at radius 1 is 1.00 bits per heavy atom. The van der Waals surface area contributed by atoms with Crippen LogP contribution in [0.1, 0.15) is 78.1 Å². The first-order chi connectivity index (χ1) is 10.2. The summed E-state index contributed by atoms with van der Waals surface area (Å²) in [7, 11) is 0. The van der Waals surface area contributed by atoms with Crippen molar-refractivity contribution in [1.29, 1.82) is 0 Å². The third kappa shape index (κ3) is 5.83. The monoisotopic (exact) mass is 286 g/mol. The maximum absolute atomic E-state index is 10.8. The van der Waals surface area contributed by atoms with Gasteiger partial charge in [-0.25, -0.2) is 0 Å². The summed E-state index contributed by atoms with van der Waals surface area (Å²) in [5.74, 6) is 5.72. The fourth-order valence-corrected chi connectivity index (χ4v) is 2.09. The predicted molar refractivity (Wildman–Crippen MR) is 83.8 cm³/mol. The largest absolute Gasteiger partial charge is 0.506 e. The van der Waals surface area contributed by atoms with E-state index in [-0.39, 0.29) is 16.9 Å². The molecule has 0 saturated carbocycles. The van der Waals surface area contributed by atoms with Crippen LogP contribution in [0.4, 0.5) is 0 Å². The van der Waals surface area contributed by atoms with E-state index < -0.39 is 0 Å². The molecule has 0 amide bonds. The van der Waals surface area contributed by atoms with Crippen molar-refractivity contribution in [3.05, 3.63) is 28.8 Å². The predicted octanol–water partition coefficient (Wildman–Crippen LogP) is 4.12. The quantitative estimate of drug-likeness (QED) is 0.444. The Hall–Kier alpha value is -2.08. The molecule has 112 valence electrons. The van der Waals surface area contributed by atoms with Gasteiger partial charge in [0.1, 0.15) is 5.75 Å². The second-order valence-electron chi connectivity index (χ2n) is 5.06. The third-order valence-corrected chi connectivity index (χ3v) is 3.31. The summed E-state index contributed by atoms with van der Waals surface area (Å²) in [5.41, 5.74) is 0.787. The molecular weight excluding hydrogens is 264 g/mol. The molecule has 0 aliphatic heterocycles. The van der Waals surface area contributed by atoms with Gasteiger partial charge in [-0.1, -0.05) is 50.9 Å². The van der Waals surface area contributed by atoms with Gasteiger partial charge in [-0.2, -0.15) is 0 Å². The van der Waals surface area contributed by atoms with Crippen LogP contribution in [0.25, 0.3) is 0 Å². The van der Waals surface area contributed by atoms with E-state index in [1.807, 2.05) is 0 Å². The number of aldehydes is 2. The molecule has 0 spiro atoms. The Labute approximate surface area is 126 Å². The van der Waals surface area contributed by atoms with E-state index in [9.17, 15) is 14.7 Å². The summed E-state index contributed by atoms with van der Waals surface area (Å²) in [6.07, 6.45) is 9.19. The number of unbranched alkanes of at least 4 members (excludes halogenated alkanes) is 6. The molecule has 0 heterocycles. The van der Waals surface area contributed by atoms with Gasteiger partial charge in [-0.05, 0) is 18.6 Å². The topological polar surface area (TPSA) is 54.4 Å². The zero-order valence-corrected chi connectivity index (χ0v) is 12.5. The average molecular weight is 286 g/mol. The van der Waals surface area contributed by atoms with E-state index in [0.29, 0.717) is 18.1 Å². The van der Waals surface area contributed by atoms with Crippen LogP contribution < -0.4 is 0 Å². The van der Waals surface area contributed by atoms with Crippen molar-refractivity contribution in [3.8, 4) is 17.6 Å². The van der Waals surface area contributed by atoms with Crippen molar-refractivity contribution < 1.29 is 14.7 Å². The van der Waals surface area contributed by atoms with Gasteiger partial charge in [0.2, 0.25) is 0 Å². The second kappa shape index (κ2) is 9.77. The molecule has 0 unspecified atom stereocenters. The zero-order chi connectivity index (χ0) is 15.5. The van der Waals surface area contributed by atoms with Crippen LogP contribution in [0.5, 0.6) is 5.75 Å². The Kier molecular flexibility index (Phi) is 7.89. The average Bonchev–Trinajstić information content (AvgIpc) is 2.51. The van der Waals surface area contributed by atoms with Gasteiger partial charge >= 0.3 is 0 Å². The molecule has 0 aliphatic rings. The highest BCUT2D eigenvalue weighted by Gasteiger charge is 2.07. The van der Waals surface area contributed by atoms with Crippen molar-refractivity contribution >= 4 is 12.6 Å². The van der Waals surface area contributed by atoms with Gasteiger partial charge in [0.05, 0.1) is 11.1 Å². The van der Waals surface area contributed by atoms with Gasteiger partial charge in [-0.3, -0.25) is 9.59 Å². The molecule has 1 aromatic carbocycles. The number of phenols is 1. The van der Waals surface area contributed by atoms with Gasteiger partial charge < -0.3 is 5.11 Å². The standard InChI is InChI=1S/C18H22O3/c1-2-3-4-5-6-7-8-9-10-15-11-16(13-19)18(21)17(12-15)14-20/h11-14,21H,2-8H2,1H3. The Bertz CT molecular complexity index is 506. The summed E-state index contributed by atoms with van der Waals surface area (Å²) in [6.45, 7) is 2.20. The van der Waals surface area contributed by atoms with Crippen molar-refractivity contribution in [1.82, 2.24) is 0 Å². The molecule has 0 aliphatic carbocycles. The normalized spacial score (nSPS) is 9.76. The highest BCUT2D eigenvalue weighted by Crippen LogP contribution is 2.21. The molecular formula is C18H22O3. The van der Waals surface area contributed by atoms with Gasteiger partial charge in [-0.15, -0.1) is 0 Å². The molecule has 1 aromatic rings. The smallest absolute Gasteiger partial charge is 0.153 e. The first-order valence-electron chi connectivity index (χ1n) is 7.49. The Morgan fingerprint density at radius 3 is 2.14 bits per heavy atom. The fraction of sp³-hybridized carbons (Fsp3) is 0.444. The van der Waals surface area contributed by atoms with Gasteiger partial charge in [0.25, 0.3) is 0 Å². The number of carbonyl (C=O) groups is 2. The van der Waals surface area contributed by atoms with E-state index in [1.54, 1.807) is 0 Å². The number of carbonyl (C=O) groups excluding carboxylic acids is 2. The van der Waals surface area contributed by atoms with Crippen LogP contribution in [0.3, 0.4) is 0 Å². The molecule has 0 saturated heterocycles. The van der Waals surface area contributed by atoms with E-state index in [1.165, 1.54) is 44.2 Å². The maximum Gasteiger partial charge on any atom is 0.153 e. The van der Waals surface area contributed by atoms with Crippen LogP contribution in [-0.4, -0.2) is 17.7 Å². The minimum absolute atomic E-state index is 0.100. The van der Waals surface area contributed by atoms with Crippen LogP contribution in [0, 0.1) is 11.8 Å². The Morgan fingerprint density at radius 2 is 1.57 bits per heavy atom. The Balaban J connectivity index is 2.54. The molecule has 3 nitrogen and oxygen atoms in total. The molecule has 0 radical (unpaired) electrons. The van der Waals surface area contributed by atoms with Crippen molar-refractivity contribution in [2.24, 2.45) is 0 Å². The number of aromatic hydroxyl groups is 1. The minimum Gasteiger partial charge on any atom is -0.506 e. The van der Waals surface area contributed by atoms with E-state index in [0.717, 1.165) is 12.8 Å². The van der Waals surface area contributed by atoms with Crippen LogP contribution >= 0.6 is 0 Å². The number of hydrogen-bond donors (Lipinski definition) is 1. The molecule has 1 N–H and O–H groups in total. The summed E-state index contributed by atoms with van der Waals surface area (Å²) in [5, 5.41) is 9.61. The van der Waals surface area contributed by atoms with E-state index >= 15 is 0 Å². The number of benzene rings is 1. The van der Waals surface area contributed by atoms with Crippen molar-refractivity contribution in [2.45, 2.75) is 51.9 Å². The van der Waals surface area contributed by atoms with Crippen molar-refractivity contribution in [3.63, 3.8) is 0 Å². The lowest BCUT2D eigenvalue weighted by Crippen LogP contribution is -1.91. The molecule has 0 fully saturated rings. The highest BCUT2D eigenvalue weighted by molar-refractivity contribution is 5.89. The maximum atomic E-state index is 10.8. The SMILES string of the molecule is CCCCCCCCC#Cc1cc(C=O)c(O)c(C=O)c1. The summed E-state index contributed by atoms with van der Waals surface area (Å²) in [6, 6.07) is 3.01. The minimum atomic E-state index is -0.276. The lowest BCUT2D eigenvalue weighted by atomic mass is 10.0. The van der Waals surface area contributed by atoms with E-state index in [4.69, 9.17) is 0 Å². The molecule has 3 heteroatoms. The first kappa shape index (κ1) is 17.0. The van der Waals surface area contributed by atoms with E-state index in [2.05, 4.69) is 18.8 Å². The molecule has 21 heavy (non-hydrogen) atoms. The highest BCUT2D eigenvalue weighted by atomic mass is 16.3. The summed E-state index contributed by atoms with van der Waals surface area (Å²) >= 11 is 0. The molecule has 0 atom stereocenters. The number of hydrogen-bond acceptors (Lipinski definition) is 3. The number of rotatable bonds is 8. The first-order valence-corrected chi connectivity index (χ1v) is 7.49. The van der Waals surface area contributed by atoms with Crippen LogP contribution in [-0.2, 0) is 0 Å². The molecule has 0 bridgehead atoms. The summed E-state index contributed by atoms with van der Waals surface area (Å²) in [4.78, 5) is 21.7. The third-order valence-electron chi connectivity index (χ3n) is 3.31. The van der Waals surface area contributed by atoms with Gasteiger partial charge in [0, 0.05) is 12.0 Å². The summed E-state index contributed by atoms with van der Waals surface area (Å²) < 4.78 is 0. The molecule has 1 rings (SSSR count). The lowest BCUT2D eigenvalue weighted by molar-refractivity contribution is 0.112. The second-order valence-corrected chi connectivity index (χ2v) is 5.06. The van der Waals surface area contributed by atoms with Crippen LogP contribution in [0.2, 0.25) is 0 Å².